The lowest BCUT2D eigenvalue weighted by atomic mass is 10.2. The van der Waals surface area contributed by atoms with Crippen molar-refractivity contribution in [3.05, 3.63) is 81.1 Å². The van der Waals surface area contributed by atoms with Crippen molar-refractivity contribution >= 4 is 51.1 Å². The maximum Gasteiger partial charge on any atom is 0.267 e. The molecule has 1 aliphatic heterocycles. The molecule has 174 valence electrons. The van der Waals surface area contributed by atoms with E-state index < -0.39 is 0 Å². The molecule has 0 bridgehead atoms. The number of amidine groups is 1. The highest BCUT2D eigenvalue weighted by Crippen LogP contribution is 2.36. The van der Waals surface area contributed by atoms with E-state index in [1.54, 1.807) is 75.2 Å². The van der Waals surface area contributed by atoms with Crippen LogP contribution < -0.4 is 9.47 Å². The third-order valence-corrected chi connectivity index (χ3v) is 6.31. The van der Waals surface area contributed by atoms with Gasteiger partial charge in [0.2, 0.25) is 0 Å². The van der Waals surface area contributed by atoms with Crippen LogP contribution >= 0.6 is 27.7 Å². The highest BCUT2D eigenvalue weighted by molar-refractivity contribution is 9.10. The molecule has 1 aromatic heterocycles. The molecule has 2 aromatic carbocycles. The van der Waals surface area contributed by atoms with E-state index in [9.17, 15) is 9.90 Å². The molecule has 1 fully saturated rings. The van der Waals surface area contributed by atoms with Gasteiger partial charge in [0.25, 0.3) is 5.91 Å². The number of phenols is 1. The van der Waals surface area contributed by atoms with Crippen LogP contribution in [0.2, 0.25) is 0 Å². The molecule has 8 nitrogen and oxygen atoms in total. The van der Waals surface area contributed by atoms with Crippen LogP contribution in [0.25, 0.3) is 6.08 Å². The molecule has 1 amide bonds. The molecule has 0 aliphatic carbocycles. The van der Waals surface area contributed by atoms with E-state index >= 15 is 0 Å². The molecule has 1 aliphatic rings. The molecule has 0 unspecified atom stereocenters. The van der Waals surface area contributed by atoms with Crippen LogP contribution in [0, 0.1) is 0 Å². The summed E-state index contributed by atoms with van der Waals surface area (Å²) in [5.41, 5.74) is 1.27. The molecular weight excluding hydrogens is 522 g/mol. The summed E-state index contributed by atoms with van der Waals surface area (Å²) in [7, 11) is 3.13. The Balaban J connectivity index is 1.64. The number of furan rings is 1. The fourth-order valence-electron chi connectivity index (χ4n) is 3.14. The van der Waals surface area contributed by atoms with Gasteiger partial charge in [0.05, 0.1) is 38.1 Å². The first-order chi connectivity index (χ1) is 16.5. The van der Waals surface area contributed by atoms with Crippen molar-refractivity contribution in [2.75, 3.05) is 14.2 Å². The van der Waals surface area contributed by atoms with Gasteiger partial charge in [-0.2, -0.15) is 5.10 Å². The SMILES string of the molecule is COc1ccc(/C=N\N=C2\S/C(=C\c3cc(Br)ccc3O)C(=O)N2Cc2ccco2)cc1OC. The Morgan fingerprint density at radius 2 is 1.97 bits per heavy atom. The minimum atomic E-state index is -0.263. The van der Waals surface area contributed by atoms with Gasteiger partial charge in [0.1, 0.15) is 11.5 Å². The van der Waals surface area contributed by atoms with Crippen molar-refractivity contribution in [3.8, 4) is 17.2 Å². The number of benzene rings is 2. The molecule has 0 atom stereocenters. The number of methoxy groups -OCH3 is 2. The number of nitrogens with zero attached hydrogens (tertiary/aromatic N) is 3. The van der Waals surface area contributed by atoms with E-state index in [0.29, 0.717) is 32.9 Å². The Kier molecular flexibility index (Phi) is 7.39. The maximum atomic E-state index is 13.2. The first-order valence-electron chi connectivity index (χ1n) is 10.0. The first-order valence-corrected chi connectivity index (χ1v) is 11.6. The second kappa shape index (κ2) is 10.6. The Hall–Kier alpha value is -3.50. The van der Waals surface area contributed by atoms with Gasteiger partial charge in [-0.3, -0.25) is 9.69 Å². The van der Waals surface area contributed by atoms with Gasteiger partial charge < -0.3 is 19.0 Å². The number of hydrogen-bond donors (Lipinski definition) is 1. The largest absolute Gasteiger partial charge is 0.507 e. The predicted octanol–water partition coefficient (Wildman–Crippen LogP) is 5.27. The predicted molar refractivity (Wildman–Crippen MR) is 135 cm³/mol. The number of aromatic hydroxyl groups is 1. The molecule has 4 rings (SSSR count). The second-order valence-corrected chi connectivity index (χ2v) is 8.95. The lowest BCUT2D eigenvalue weighted by molar-refractivity contribution is -0.122. The number of amides is 1. The molecule has 0 radical (unpaired) electrons. The Bertz CT molecular complexity index is 1290. The lowest BCUT2D eigenvalue weighted by Crippen LogP contribution is -2.28. The van der Waals surface area contributed by atoms with Crippen molar-refractivity contribution in [2.24, 2.45) is 10.2 Å². The van der Waals surface area contributed by atoms with Gasteiger partial charge >= 0.3 is 0 Å². The van der Waals surface area contributed by atoms with Crippen LogP contribution in [0.1, 0.15) is 16.9 Å². The van der Waals surface area contributed by atoms with Crippen molar-refractivity contribution in [2.45, 2.75) is 6.54 Å². The van der Waals surface area contributed by atoms with Crippen molar-refractivity contribution < 1.29 is 23.8 Å². The number of rotatable bonds is 7. The highest BCUT2D eigenvalue weighted by Gasteiger charge is 2.34. The molecular formula is C24H20BrN3O5S. The minimum Gasteiger partial charge on any atom is -0.507 e. The molecule has 0 saturated carbocycles. The molecule has 3 aromatic rings. The molecule has 2 heterocycles. The summed E-state index contributed by atoms with van der Waals surface area (Å²) in [6, 6.07) is 13.9. The van der Waals surface area contributed by atoms with E-state index in [2.05, 4.69) is 26.1 Å². The summed E-state index contributed by atoms with van der Waals surface area (Å²) >= 11 is 4.55. The summed E-state index contributed by atoms with van der Waals surface area (Å²) in [5, 5.41) is 19.0. The smallest absolute Gasteiger partial charge is 0.267 e. The number of phenolic OH excluding ortho intramolecular Hbond substituents is 1. The number of hydrogen-bond acceptors (Lipinski definition) is 8. The zero-order valence-electron chi connectivity index (χ0n) is 18.3. The van der Waals surface area contributed by atoms with E-state index in [-0.39, 0.29) is 18.2 Å². The lowest BCUT2D eigenvalue weighted by Gasteiger charge is -2.12. The Morgan fingerprint density at radius 3 is 2.71 bits per heavy atom. The third kappa shape index (κ3) is 5.35. The quantitative estimate of drug-likeness (QED) is 0.248. The van der Waals surface area contributed by atoms with Gasteiger partial charge in [-0.25, -0.2) is 0 Å². The third-order valence-electron chi connectivity index (χ3n) is 4.82. The van der Waals surface area contributed by atoms with Crippen molar-refractivity contribution in [1.82, 2.24) is 4.90 Å². The van der Waals surface area contributed by atoms with Crippen LogP contribution in [-0.4, -0.2) is 41.5 Å². The minimum absolute atomic E-state index is 0.0681. The van der Waals surface area contributed by atoms with Gasteiger partial charge in [-0.15, -0.1) is 5.10 Å². The number of ether oxygens (including phenoxy) is 2. The van der Waals surface area contributed by atoms with E-state index in [1.807, 2.05) is 6.07 Å². The average molecular weight is 542 g/mol. The topological polar surface area (TPSA) is 96.9 Å². The summed E-state index contributed by atoms with van der Waals surface area (Å²) in [6.07, 6.45) is 4.74. The van der Waals surface area contributed by atoms with Crippen molar-refractivity contribution in [3.63, 3.8) is 0 Å². The van der Waals surface area contributed by atoms with Crippen LogP contribution in [-0.2, 0) is 11.3 Å². The molecule has 34 heavy (non-hydrogen) atoms. The second-order valence-electron chi connectivity index (χ2n) is 7.03. The standard InChI is InChI=1S/C24H20BrN3O5S/c1-31-20-8-5-15(10-21(20)32-2)13-26-27-24-28(14-18-4-3-9-33-18)23(30)22(34-24)12-16-11-17(25)6-7-19(16)29/h3-13,29H,14H2,1-2H3/b22-12-,26-13-,27-24+. The maximum absolute atomic E-state index is 13.2. The Labute approximate surface area is 208 Å². The van der Waals surface area contributed by atoms with Crippen LogP contribution in [0.15, 0.2) is 78.8 Å². The number of thioether (sulfide) groups is 1. The number of carbonyl (C=O) groups excluding carboxylic acids is 1. The molecule has 10 heteroatoms. The monoisotopic (exact) mass is 541 g/mol. The van der Waals surface area contributed by atoms with E-state index in [4.69, 9.17) is 13.9 Å². The van der Waals surface area contributed by atoms with Gasteiger partial charge in [0, 0.05) is 10.0 Å². The van der Waals surface area contributed by atoms with Gasteiger partial charge in [0.15, 0.2) is 16.7 Å². The zero-order chi connectivity index (χ0) is 24.1. The molecule has 1 saturated heterocycles. The van der Waals surface area contributed by atoms with E-state index in [0.717, 1.165) is 10.0 Å². The van der Waals surface area contributed by atoms with Crippen LogP contribution in [0.3, 0.4) is 0 Å². The van der Waals surface area contributed by atoms with Crippen LogP contribution in [0.5, 0.6) is 17.2 Å². The normalized spacial score (nSPS) is 16.2. The fraction of sp³-hybridized carbons (Fsp3) is 0.125. The number of halogens is 1. The summed E-state index contributed by atoms with van der Waals surface area (Å²) in [5.74, 6) is 1.59. The Morgan fingerprint density at radius 1 is 1.15 bits per heavy atom. The summed E-state index contributed by atoms with van der Waals surface area (Å²) in [4.78, 5) is 15.1. The fourth-order valence-corrected chi connectivity index (χ4v) is 4.45. The van der Waals surface area contributed by atoms with Crippen molar-refractivity contribution in [1.29, 1.82) is 0 Å². The van der Waals surface area contributed by atoms with Gasteiger partial charge in [-0.05, 0) is 71.9 Å². The number of carbonyl (C=O) groups is 1. The van der Waals surface area contributed by atoms with E-state index in [1.165, 1.54) is 16.7 Å². The molecule has 1 N–H and O–H groups in total. The zero-order valence-corrected chi connectivity index (χ0v) is 20.7. The highest BCUT2D eigenvalue weighted by atomic mass is 79.9. The molecule has 0 spiro atoms. The van der Waals surface area contributed by atoms with Crippen LogP contribution in [0.4, 0.5) is 0 Å². The first kappa shape index (κ1) is 23.7. The summed E-state index contributed by atoms with van der Waals surface area (Å²) in [6.45, 7) is 0.200. The van der Waals surface area contributed by atoms with Gasteiger partial charge in [-0.1, -0.05) is 15.9 Å². The summed E-state index contributed by atoms with van der Waals surface area (Å²) < 4.78 is 16.8. The average Bonchev–Trinajstić information content (AvgIpc) is 3.45.